The Morgan fingerprint density at radius 1 is 1.38 bits per heavy atom. The average molecular weight is 212 g/mol. The van der Waals surface area contributed by atoms with Gasteiger partial charge in [-0.1, -0.05) is 19.1 Å². The van der Waals surface area contributed by atoms with E-state index in [4.69, 9.17) is 5.26 Å². The lowest BCUT2D eigenvalue weighted by atomic mass is 9.87. The molecule has 0 spiro atoms. The third-order valence-corrected chi connectivity index (χ3v) is 3.21. The minimum atomic E-state index is 0.597. The Kier molecular flexibility index (Phi) is 3.36. The molecule has 0 aliphatic carbocycles. The minimum absolute atomic E-state index is 0.597. The molecule has 0 aromatic heterocycles. The summed E-state index contributed by atoms with van der Waals surface area (Å²) in [6.45, 7) is 3.12. The molecule has 2 heteroatoms. The molecule has 1 atom stereocenters. The van der Waals surface area contributed by atoms with Gasteiger partial charge in [-0.25, -0.2) is 0 Å². The van der Waals surface area contributed by atoms with Crippen LogP contribution in [0.25, 0.3) is 0 Å². The van der Waals surface area contributed by atoms with E-state index in [0.29, 0.717) is 5.92 Å². The Bertz CT molecular complexity index is 423. The van der Waals surface area contributed by atoms with Gasteiger partial charge in [0.05, 0.1) is 11.6 Å². The predicted octanol–water partition coefficient (Wildman–Crippen LogP) is 3.29. The molecule has 0 saturated carbocycles. The molecule has 2 nitrogen and oxygen atoms in total. The van der Waals surface area contributed by atoms with Gasteiger partial charge in [0.2, 0.25) is 0 Å². The van der Waals surface area contributed by atoms with Gasteiger partial charge in [0.1, 0.15) is 0 Å². The largest absolute Gasteiger partial charge is 0.294 e. The molecule has 16 heavy (non-hydrogen) atoms. The van der Waals surface area contributed by atoms with E-state index in [-0.39, 0.29) is 0 Å². The molecule has 1 heterocycles. The van der Waals surface area contributed by atoms with Gasteiger partial charge in [-0.2, -0.15) is 5.26 Å². The summed E-state index contributed by atoms with van der Waals surface area (Å²) in [5.74, 6) is 0.597. The third-order valence-electron chi connectivity index (χ3n) is 3.21. The van der Waals surface area contributed by atoms with Crippen LogP contribution in [0.2, 0.25) is 0 Å². The van der Waals surface area contributed by atoms with Crippen LogP contribution >= 0.6 is 0 Å². The summed E-state index contributed by atoms with van der Waals surface area (Å²) in [7, 11) is 0. The van der Waals surface area contributed by atoms with Crippen molar-refractivity contribution < 1.29 is 0 Å². The first-order valence-electron chi connectivity index (χ1n) is 5.85. The highest BCUT2D eigenvalue weighted by molar-refractivity contribution is 5.85. The topological polar surface area (TPSA) is 36.1 Å². The first-order valence-corrected chi connectivity index (χ1v) is 5.85. The monoisotopic (exact) mass is 212 g/mol. The second kappa shape index (κ2) is 4.94. The summed E-state index contributed by atoms with van der Waals surface area (Å²) in [6.07, 6.45) is 3.28. The molecule has 0 radical (unpaired) electrons. The summed E-state index contributed by atoms with van der Waals surface area (Å²) >= 11 is 0. The van der Waals surface area contributed by atoms with E-state index in [0.717, 1.165) is 31.4 Å². The Labute approximate surface area is 96.6 Å². The second-order valence-corrected chi connectivity index (χ2v) is 4.23. The number of hydrogen-bond donors (Lipinski definition) is 0. The number of nitriles is 1. The third kappa shape index (κ3) is 2.30. The van der Waals surface area contributed by atoms with Crippen molar-refractivity contribution in [1.82, 2.24) is 0 Å². The summed E-state index contributed by atoms with van der Waals surface area (Å²) in [5.41, 5.74) is 3.42. The molecule has 0 amide bonds. The molecule has 1 aromatic carbocycles. The summed E-state index contributed by atoms with van der Waals surface area (Å²) in [4.78, 5) is 4.52. The molecule has 0 N–H and O–H groups in total. The van der Waals surface area contributed by atoms with Gasteiger partial charge >= 0.3 is 0 Å². The van der Waals surface area contributed by atoms with E-state index in [2.05, 4.69) is 30.1 Å². The van der Waals surface area contributed by atoms with E-state index in [1.54, 1.807) is 0 Å². The maximum Gasteiger partial charge on any atom is 0.0991 e. The molecule has 1 aromatic rings. The lowest BCUT2D eigenvalue weighted by molar-refractivity contribution is 0.623. The molecule has 0 bridgehead atoms. The molecule has 1 aliphatic heterocycles. The Morgan fingerprint density at radius 2 is 2.12 bits per heavy atom. The SMILES string of the molecule is CCC1=NCCC(c2ccc(C#N)cc2)C1. The van der Waals surface area contributed by atoms with Crippen LogP contribution in [-0.4, -0.2) is 12.3 Å². The summed E-state index contributed by atoms with van der Waals surface area (Å²) in [5, 5.41) is 8.75. The number of aliphatic imine (C=N–C) groups is 1. The zero-order chi connectivity index (χ0) is 11.4. The number of hydrogen-bond acceptors (Lipinski definition) is 2. The molecule has 0 saturated heterocycles. The standard InChI is InChI=1S/C14H16N2/c1-2-14-9-13(7-8-16-14)12-5-3-11(10-15)4-6-12/h3-6,13H,2,7-9H2,1H3. The first kappa shape index (κ1) is 10.9. The fourth-order valence-corrected chi connectivity index (χ4v) is 2.20. The van der Waals surface area contributed by atoms with E-state index in [1.807, 2.05) is 12.1 Å². The van der Waals surface area contributed by atoms with Crippen molar-refractivity contribution in [2.24, 2.45) is 4.99 Å². The molecule has 0 fully saturated rings. The van der Waals surface area contributed by atoms with Crippen LogP contribution in [0.3, 0.4) is 0 Å². The van der Waals surface area contributed by atoms with Crippen LogP contribution in [-0.2, 0) is 0 Å². The van der Waals surface area contributed by atoms with Crippen LogP contribution in [0.1, 0.15) is 43.2 Å². The highest BCUT2D eigenvalue weighted by Gasteiger charge is 2.17. The van der Waals surface area contributed by atoms with Crippen LogP contribution < -0.4 is 0 Å². The van der Waals surface area contributed by atoms with Crippen molar-refractivity contribution in [1.29, 1.82) is 5.26 Å². The highest BCUT2D eigenvalue weighted by Crippen LogP contribution is 2.28. The van der Waals surface area contributed by atoms with Crippen LogP contribution in [0.4, 0.5) is 0 Å². The Hall–Kier alpha value is -1.62. The lowest BCUT2D eigenvalue weighted by Gasteiger charge is -2.21. The molecule has 1 aliphatic rings. The minimum Gasteiger partial charge on any atom is -0.294 e. The van der Waals surface area contributed by atoms with Crippen molar-refractivity contribution in [2.45, 2.75) is 32.1 Å². The molecular weight excluding hydrogens is 196 g/mol. The van der Waals surface area contributed by atoms with Gasteiger partial charge in [0.25, 0.3) is 0 Å². The van der Waals surface area contributed by atoms with Crippen molar-refractivity contribution >= 4 is 5.71 Å². The van der Waals surface area contributed by atoms with Gasteiger partial charge in [-0.3, -0.25) is 4.99 Å². The maximum absolute atomic E-state index is 8.75. The molecule has 82 valence electrons. The quantitative estimate of drug-likeness (QED) is 0.741. The van der Waals surface area contributed by atoms with E-state index in [9.17, 15) is 0 Å². The molecule has 1 unspecified atom stereocenters. The number of nitrogens with zero attached hydrogens (tertiary/aromatic N) is 2. The van der Waals surface area contributed by atoms with E-state index < -0.39 is 0 Å². The zero-order valence-electron chi connectivity index (χ0n) is 9.61. The van der Waals surface area contributed by atoms with Crippen LogP contribution in [0.15, 0.2) is 29.3 Å². The van der Waals surface area contributed by atoms with Crippen molar-refractivity contribution in [2.75, 3.05) is 6.54 Å². The Balaban J connectivity index is 2.13. The van der Waals surface area contributed by atoms with Gasteiger partial charge in [-0.15, -0.1) is 0 Å². The van der Waals surface area contributed by atoms with Gasteiger partial charge < -0.3 is 0 Å². The van der Waals surface area contributed by atoms with E-state index >= 15 is 0 Å². The Morgan fingerprint density at radius 3 is 2.75 bits per heavy atom. The molecule has 2 rings (SSSR count). The van der Waals surface area contributed by atoms with Crippen LogP contribution in [0, 0.1) is 11.3 Å². The molecular formula is C14H16N2. The first-order chi connectivity index (χ1) is 7.83. The lowest BCUT2D eigenvalue weighted by Crippen LogP contribution is -2.14. The maximum atomic E-state index is 8.75. The summed E-state index contributed by atoms with van der Waals surface area (Å²) < 4.78 is 0. The normalized spacial score (nSPS) is 20.0. The van der Waals surface area contributed by atoms with Crippen molar-refractivity contribution in [3.63, 3.8) is 0 Å². The zero-order valence-corrected chi connectivity index (χ0v) is 9.61. The number of rotatable bonds is 2. The van der Waals surface area contributed by atoms with Crippen LogP contribution in [0.5, 0.6) is 0 Å². The van der Waals surface area contributed by atoms with Gasteiger partial charge in [0.15, 0.2) is 0 Å². The predicted molar refractivity (Wildman–Crippen MR) is 65.7 cm³/mol. The van der Waals surface area contributed by atoms with Crippen molar-refractivity contribution in [3.05, 3.63) is 35.4 Å². The van der Waals surface area contributed by atoms with E-state index in [1.165, 1.54) is 11.3 Å². The van der Waals surface area contributed by atoms with Gasteiger partial charge in [0, 0.05) is 12.3 Å². The summed E-state index contributed by atoms with van der Waals surface area (Å²) in [6, 6.07) is 10.1. The van der Waals surface area contributed by atoms with Gasteiger partial charge in [-0.05, 0) is 42.9 Å². The fourth-order valence-electron chi connectivity index (χ4n) is 2.20. The number of benzene rings is 1. The second-order valence-electron chi connectivity index (χ2n) is 4.23. The van der Waals surface area contributed by atoms with Crippen molar-refractivity contribution in [3.8, 4) is 6.07 Å². The highest BCUT2D eigenvalue weighted by atomic mass is 14.7. The fraction of sp³-hybridized carbons (Fsp3) is 0.429. The average Bonchev–Trinajstić information content (AvgIpc) is 2.39. The smallest absolute Gasteiger partial charge is 0.0991 e.